The summed E-state index contributed by atoms with van der Waals surface area (Å²) in [5.41, 5.74) is 0.452. The van der Waals surface area contributed by atoms with Gasteiger partial charge in [-0.05, 0) is 30.7 Å². The van der Waals surface area contributed by atoms with Gasteiger partial charge < -0.3 is 14.8 Å². The van der Waals surface area contributed by atoms with E-state index in [1.54, 1.807) is 19.1 Å². The van der Waals surface area contributed by atoms with Crippen molar-refractivity contribution in [1.82, 2.24) is 20.3 Å². The average molecular weight is 579 g/mol. The molecule has 8 nitrogen and oxygen atoms in total. The van der Waals surface area contributed by atoms with E-state index in [0.29, 0.717) is 12.0 Å². The molecule has 1 N–H and O–H groups in total. The van der Waals surface area contributed by atoms with Crippen molar-refractivity contribution in [3.05, 3.63) is 35.9 Å². The number of carbonyl (C=O) groups is 2. The number of rotatable bonds is 7. The Hall–Kier alpha value is -1.29. The monoisotopic (exact) mass is 576 g/mol. The number of amides is 1. The summed E-state index contributed by atoms with van der Waals surface area (Å²) >= 11 is 35.2. The number of carbonyl (C=O) groups excluding carboxylic acids is 2. The van der Waals surface area contributed by atoms with Crippen LogP contribution in [0.25, 0.3) is 11.4 Å². The molecule has 0 fully saturated rings. The molecule has 1 aromatic carbocycles. The Kier molecular flexibility index (Phi) is 10.1. The highest BCUT2D eigenvalue weighted by Gasteiger charge is 2.34. The number of hydrogen-bond acceptors (Lipinski definition) is 7. The van der Waals surface area contributed by atoms with Crippen LogP contribution in [0.4, 0.5) is 4.79 Å². The zero-order valence-corrected chi connectivity index (χ0v) is 21.8. The Morgan fingerprint density at radius 3 is 2.00 bits per heavy atom. The number of ether oxygens (including phenoxy) is 2. The second-order valence-corrected chi connectivity index (χ2v) is 11.2. The first kappa shape index (κ1) is 28.0. The maximum absolute atomic E-state index is 11.9. The second-order valence-electron chi connectivity index (χ2n) is 6.62. The smallest absolute Gasteiger partial charge is 0.412 e. The van der Waals surface area contributed by atoms with Crippen molar-refractivity contribution in [2.75, 3.05) is 13.2 Å². The van der Waals surface area contributed by atoms with Crippen LogP contribution in [0.2, 0.25) is 0 Å². The number of nitrogens with one attached hydrogen (secondary N) is 1. The predicted octanol–water partition coefficient (Wildman–Crippen LogP) is 5.87. The van der Waals surface area contributed by atoms with Crippen LogP contribution in [0.3, 0.4) is 0 Å². The van der Waals surface area contributed by atoms with Gasteiger partial charge in [0.2, 0.25) is 7.59 Å². The van der Waals surface area contributed by atoms with Crippen molar-refractivity contribution in [3.8, 4) is 17.1 Å². The molecule has 1 amide bonds. The first-order valence-electron chi connectivity index (χ1n) is 9.44. The van der Waals surface area contributed by atoms with Crippen LogP contribution in [0.1, 0.15) is 31.9 Å². The van der Waals surface area contributed by atoms with E-state index in [9.17, 15) is 9.59 Å². The molecule has 14 heteroatoms. The number of hydrogen-bond donors (Lipinski definition) is 1. The molecule has 0 saturated carbocycles. The van der Waals surface area contributed by atoms with E-state index in [2.05, 4.69) is 20.3 Å². The van der Waals surface area contributed by atoms with Gasteiger partial charge in [0.25, 0.3) is 0 Å². The van der Waals surface area contributed by atoms with Crippen LogP contribution in [-0.4, -0.2) is 40.2 Å². The Labute approximate surface area is 220 Å². The molecular weight excluding hydrogens is 561 g/mol. The molecule has 1 atom stereocenters. The van der Waals surface area contributed by atoms with Crippen molar-refractivity contribution in [2.24, 2.45) is 5.92 Å². The first-order chi connectivity index (χ1) is 15.3. The highest BCUT2D eigenvalue weighted by molar-refractivity contribution is 6.67. The summed E-state index contributed by atoms with van der Waals surface area (Å²) in [7, 11) is 0. The van der Waals surface area contributed by atoms with Crippen molar-refractivity contribution < 1.29 is 19.1 Å². The lowest BCUT2D eigenvalue weighted by Crippen LogP contribution is -2.31. The van der Waals surface area contributed by atoms with E-state index in [1.807, 2.05) is 6.92 Å². The summed E-state index contributed by atoms with van der Waals surface area (Å²) in [5.74, 6) is -0.675. The summed E-state index contributed by atoms with van der Waals surface area (Å²) in [4.78, 5) is 35.6. The molecule has 0 spiro atoms. The van der Waals surface area contributed by atoms with E-state index in [1.165, 1.54) is 12.1 Å². The van der Waals surface area contributed by atoms with Gasteiger partial charge in [0.15, 0.2) is 17.5 Å². The molecular formula is C19H18Cl6N4O4. The van der Waals surface area contributed by atoms with E-state index in [0.717, 1.165) is 0 Å². The SMILES string of the molecule is CCC(C)C(=O)OCCNC(=O)Oc1ccc(-c2nc(C(Cl)(Cl)Cl)nc(C(Cl)(Cl)Cl)n2)cc1. The highest BCUT2D eigenvalue weighted by atomic mass is 35.6. The van der Waals surface area contributed by atoms with Crippen molar-refractivity contribution in [3.63, 3.8) is 0 Å². The van der Waals surface area contributed by atoms with Gasteiger partial charge in [-0.2, -0.15) is 0 Å². The quantitative estimate of drug-likeness (QED) is 0.249. The van der Waals surface area contributed by atoms with Gasteiger partial charge in [0.1, 0.15) is 12.4 Å². The molecule has 0 saturated heterocycles. The molecule has 1 aromatic heterocycles. The fraction of sp³-hybridized carbons (Fsp3) is 0.421. The third kappa shape index (κ3) is 8.77. The average Bonchev–Trinajstić information content (AvgIpc) is 2.75. The van der Waals surface area contributed by atoms with Crippen LogP contribution in [-0.2, 0) is 17.1 Å². The Balaban J connectivity index is 2.04. The summed E-state index contributed by atoms with van der Waals surface area (Å²) in [5, 5.41) is 2.48. The molecule has 0 radical (unpaired) electrons. The van der Waals surface area contributed by atoms with Crippen LogP contribution in [0.15, 0.2) is 24.3 Å². The molecule has 0 aliphatic carbocycles. The minimum absolute atomic E-state index is 0.0354. The minimum Gasteiger partial charge on any atom is -0.464 e. The molecule has 0 aliphatic rings. The lowest BCUT2D eigenvalue weighted by molar-refractivity contribution is -0.147. The van der Waals surface area contributed by atoms with E-state index in [4.69, 9.17) is 79.1 Å². The van der Waals surface area contributed by atoms with E-state index < -0.39 is 13.7 Å². The number of benzene rings is 1. The number of halogens is 6. The van der Waals surface area contributed by atoms with Gasteiger partial charge in [-0.15, -0.1) is 0 Å². The summed E-state index contributed by atoms with van der Waals surface area (Å²) < 4.78 is 6.25. The Morgan fingerprint density at radius 1 is 0.970 bits per heavy atom. The van der Waals surface area contributed by atoms with E-state index in [-0.39, 0.29) is 48.3 Å². The van der Waals surface area contributed by atoms with Crippen molar-refractivity contribution >= 4 is 81.7 Å². The molecule has 180 valence electrons. The number of aromatic nitrogens is 3. The van der Waals surface area contributed by atoms with Gasteiger partial charge in [-0.1, -0.05) is 83.5 Å². The predicted molar refractivity (Wildman–Crippen MR) is 128 cm³/mol. The Bertz CT molecular complexity index is 947. The number of alkyl halides is 6. The number of esters is 1. The molecule has 0 bridgehead atoms. The second kappa shape index (κ2) is 11.9. The maximum atomic E-state index is 11.9. The van der Waals surface area contributed by atoms with Gasteiger partial charge in [0.05, 0.1) is 12.5 Å². The van der Waals surface area contributed by atoms with Gasteiger partial charge in [-0.3, -0.25) is 4.79 Å². The van der Waals surface area contributed by atoms with Crippen LogP contribution >= 0.6 is 69.6 Å². The largest absolute Gasteiger partial charge is 0.464 e. The lowest BCUT2D eigenvalue weighted by atomic mass is 10.1. The van der Waals surface area contributed by atoms with Crippen molar-refractivity contribution in [1.29, 1.82) is 0 Å². The molecule has 1 heterocycles. The summed E-state index contributed by atoms with van der Waals surface area (Å²) in [6.45, 7) is 3.78. The molecule has 2 rings (SSSR count). The highest BCUT2D eigenvalue weighted by Crippen LogP contribution is 2.40. The summed E-state index contributed by atoms with van der Waals surface area (Å²) in [6.07, 6.45) is -0.0496. The normalized spacial score (nSPS) is 12.7. The molecule has 2 aromatic rings. The van der Waals surface area contributed by atoms with Gasteiger partial charge in [-0.25, -0.2) is 19.7 Å². The first-order valence-corrected chi connectivity index (χ1v) is 11.7. The third-order valence-electron chi connectivity index (χ3n) is 4.10. The fourth-order valence-electron chi connectivity index (χ4n) is 2.19. The van der Waals surface area contributed by atoms with E-state index >= 15 is 0 Å². The van der Waals surface area contributed by atoms with Crippen LogP contribution in [0, 0.1) is 5.92 Å². The molecule has 1 unspecified atom stereocenters. The zero-order chi connectivity index (χ0) is 24.8. The summed E-state index contributed by atoms with van der Waals surface area (Å²) in [6, 6.07) is 6.09. The molecule has 33 heavy (non-hydrogen) atoms. The fourth-order valence-corrected chi connectivity index (χ4v) is 2.69. The topological polar surface area (TPSA) is 103 Å². The minimum atomic E-state index is -1.98. The Morgan fingerprint density at radius 2 is 1.52 bits per heavy atom. The zero-order valence-electron chi connectivity index (χ0n) is 17.3. The third-order valence-corrected chi connectivity index (χ3v) is 5.11. The number of nitrogens with zero attached hydrogens (tertiary/aromatic N) is 3. The van der Waals surface area contributed by atoms with Crippen LogP contribution < -0.4 is 10.1 Å². The van der Waals surface area contributed by atoms with Gasteiger partial charge in [0, 0.05) is 5.56 Å². The lowest BCUT2D eigenvalue weighted by Gasteiger charge is -2.15. The van der Waals surface area contributed by atoms with Gasteiger partial charge >= 0.3 is 12.1 Å². The van der Waals surface area contributed by atoms with Crippen LogP contribution in [0.5, 0.6) is 5.75 Å². The maximum Gasteiger partial charge on any atom is 0.412 e. The van der Waals surface area contributed by atoms with Crippen molar-refractivity contribution in [2.45, 2.75) is 27.9 Å². The molecule has 0 aliphatic heterocycles. The standard InChI is InChI=1S/C19H18Cl6N4O4/c1-3-10(2)14(30)32-9-8-26-17(31)33-12-6-4-11(5-7-12)13-27-15(18(20,21)22)29-16(28-13)19(23,24)25/h4-7,10H,3,8-9H2,1-2H3,(H,26,31).